The van der Waals surface area contributed by atoms with E-state index < -0.39 is 23.4 Å². The van der Waals surface area contributed by atoms with Crippen molar-refractivity contribution in [3.8, 4) is 17.0 Å². The van der Waals surface area contributed by atoms with E-state index >= 15 is 0 Å². The highest BCUT2D eigenvalue weighted by Crippen LogP contribution is 2.35. The van der Waals surface area contributed by atoms with Crippen LogP contribution >= 0.6 is 0 Å². The number of aromatic amines is 1. The first-order valence-electron chi connectivity index (χ1n) is 9.20. The van der Waals surface area contributed by atoms with Crippen molar-refractivity contribution in [2.75, 3.05) is 18.0 Å². The fourth-order valence-electron chi connectivity index (χ4n) is 3.64. The minimum absolute atomic E-state index is 0.172. The Labute approximate surface area is 168 Å². The van der Waals surface area contributed by atoms with Crippen LogP contribution in [-0.2, 0) is 6.18 Å². The third kappa shape index (κ3) is 3.74. The molecule has 4 rings (SSSR count). The molecule has 1 fully saturated rings. The van der Waals surface area contributed by atoms with Gasteiger partial charge in [0.05, 0.1) is 24.1 Å². The van der Waals surface area contributed by atoms with Crippen LogP contribution in [0.4, 0.5) is 18.9 Å². The lowest BCUT2D eigenvalue weighted by Gasteiger charge is -2.21. The maximum Gasteiger partial charge on any atom is 0.423 e. The summed E-state index contributed by atoms with van der Waals surface area (Å²) in [5.41, 5.74) is -0.369. The molecule has 1 aliphatic heterocycles. The van der Waals surface area contributed by atoms with Gasteiger partial charge in [0.25, 0.3) is 5.56 Å². The molecule has 1 saturated heterocycles. The molecule has 0 aliphatic carbocycles. The average Bonchev–Trinajstić information content (AvgIpc) is 3.27. The van der Waals surface area contributed by atoms with Gasteiger partial charge in [-0.1, -0.05) is 5.16 Å². The molecule has 0 aromatic carbocycles. The van der Waals surface area contributed by atoms with Gasteiger partial charge in [-0.25, -0.2) is 10.1 Å². The molecule has 0 saturated carbocycles. The molecule has 0 spiro atoms. The summed E-state index contributed by atoms with van der Waals surface area (Å²) in [5.74, 6) is 1.01. The molecule has 0 bridgehead atoms. The van der Waals surface area contributed by atoms with Crippen LogP contribution in [0.3, 0.4) is 0 Å². The first-order chi connectivity index (χ1) is 14.2. The van der Waals surface area contributed by atoms with E-state index in [-0.39, 0.29) is 12.2 Å². The van der Waals surface area contributed by atoms with Crippen molar-refractivity contribution in [2.24, 2.45) is 0 Å². The number of aryl methyl sites for hydroxylation is 2. The van der Waals surface area contributed by atoms with E-state index in [2.05, 4.69) is 15.2 Å². The Bertz CT molecular complexity index is 1110. The summed E-state index contributed by atoms with van der Waals surface area (Å²) >= 11 is 0. The third-order valence-corrected chi connectivity index (χ3v) is 4.95. The fourth-order valence-corrected chi connectivity index (χ4v) is 3.64. The van der Waals surface area contributed by atoms with E-state index in [0.717, 1.165) is 23.0 Å². The number of aromatic nitrogens is 4. The second-order valence-corrected chi connectivity index (χ2v) is 7.01. The second kappa shape index (κ2) is 7.47. The summed E-state index contributed by atoms with van der Waals surface area (Å²) in [4.78, 5) is 17.4. The number of nitrogens with zero attached hydrogens (tertiary/aromatic N) is 4. The van der Waals surface area contributed by atoms with Crippen molar-refractivity contribution in [2.45, 2.75) is 32.5 Å². The number of rotatable bonds is 4. The number of halogens is 3. The lowest BCUT2D eigenvalue weighted by molar-refractivity contribution is -0.138. The maximum absolute atomic E-state index is 13.3. The largest absolute Gasteiger partial charge is 0.472 e. The summed E-state index contributed by atoms with van der Waals surface area (Å²) in [6.45, 7) is 4.10. The topological polar surface area (TPSA) is 97.1 Å². The minimum Gasteiger partial charge on any atom is -0.472 e. The first-order valence-corrected chi connectivity index (χ1v) is 9.20. The highest BCUT2D eigenvalue weighted by atomic mass is 19.4. The van der Waals surface area contributed by atoms with Crippen LogP contribution in [0.2, 0.25) is 0 Å². The number of anilines is 1. The molecule has 3 aromatic rings. The smallest absolute Gasteiger partial charge is 0.423 e. The molecular weight excluding hydrogens is 403 g/mol. The molecule has 3 aromatic heterocycles. The first kappa shape index (κ1) is 19.9. The van der Waals surface area contributed by atoms with Gasteiger partial charge in [-0.05, 0) is 25.5 Å². The number of H-pyrrole nitrogens is 1. The van der Waals surface area contributed by atoms with E-state index in [1.165, 1.54) is 4.90 Å². The van der Waals surface area contributed by atoms with Crippen LogP contribution < -0.4 is 15.2 Å². The van der Waals surface area contributed by atoms with Gasteiger partial charge in [-0.2, -0.15) is 18.3 Å². The standard InChI is InChI=1S/C19H18F3N5O3/c1-10-16(11(2)30-26-10)12-3-5-23-15(7-12)29-13-4-6-27(9-13)14-8-24-25-18(28)17(14)19(20,21)22/h3,5,7-8,13H,4,6,9H2,1-2H3,(H,25,28). The number of pyridine rings is 1. The summed E-state index contributed by atoms with van der Waals surface area (Å²) < 4.78 is 51.1. The van der Waals surface area contributed by atoms with Gasteiger partial charge in [0.1, 0.15) is 17.4 Å². The van der Waals surface area contributed by atoms with Crippen molar-refractivity contribution in [1.82, 2.24) is 20.3 Å². The van der Waals surface area contributed by atoms with E-state index in [0.29, 0.717) is 24.6 Å². The number of hydrogen-bond donors (Lipinski definition) is 1. The molecule has 4 heterocycles. The van der Waals surface area contributed by atoms with Crippen LogP contribution in [0.15, 0.2) is 33.8 Å². The van der Waals surface area contributed by atoms with Crippen LogP contribution in [0.25, 0.3) is 11.1 Å². The van der Waals surface area contributed by atoms with Crippen LogP contribution in [0.1, 0.15) is 23.4 Å². The van der Waals surface area contributed by atoms with Gasteiger partial charge in [0.15, 0.2) is 0 Å². The van der Waals surface area contributed by atoms with Crippen molar-refractivity contribution >= 4 is 5.69 Å². The zero-order chi connectivity index (χ0) is 21.5. The van der Waals surface area contributed by atoms with Crippen LogP contribution in [-0.4, -0.2) is 39.5 Å². The number of alkyl halides is 3. The van der Waals surface area contributed by atoms with Crippen LogP contribution in [0, 0.1) is 13.8 Å². The predicted molar refractivity (Wildman–Crippen MR) is 100 cm³/mol. The molecule has 0 amide bonds. The van der Waals surface area contributed by atoms with E-state index in [1.54, 1.807) is 25.3 Å². The lowest BCUT2D eigenvalue weighted by Crippen LogP contribution is -2.31. The Kier molecular flexibility index (Phi) is 4.96. The molecule has 8 nitrogen and oxygen atoms in total. The fraction of sp³-hybridized carbons (Fsp3) is 0.368. The Morgan fingerprint density at radius 3 is 2.83 bits per heavy atom. The quantitative estimate of drug-likeness (QED) is 0.691. The Morgan fingerprint density at radius 2 is 2.13 bits per heavy atom. The third-order valence-electron chi connectivity index (χ3n) is 4.95. The van der Waals surface area contributed by atoms with Gasteiger partial charge in [-0.3, -0.25) is 4.79 Å². The van der Waals surface area contributed by atoms with E-state index in [9.17, 15) is 18.0 Å². The predicted octanol–water partition coefficient (Wildman–Crippen LogP) is 3.11. The number of hydrogen-bond acceptors (Lipinski definition) is 7. The highest BCUT2D eigenvalue weighted by Gasteiger charge is 2.40. The van der Waals surface area contributed by atoms with Crippen molar-refractivity contribution in [3.05, 3.63) is 51.9 Å². The van der Waals surface area contributed by atoms with E-state index in [4.69, 9.17) is 9.26 Å². The van der Waals surface area contributed by atoms with Gasteiger partial charge in [0, 0.05) is 30.8 Å². The van der Waals surface area contributed by atoms with Crippen molar-refractivity contribution in [3.63, 3.8) is 0 Å². The molecule has 30 heavy (non-hydrogen) atoms. The van der Waals surface area contributed by atoms with Gasteiger partial charge >= 0.3 is 6.18 Å². The van der Waals surface area contributed by atoms with Gasteiger partial charge in [0.2, 0.25) is 5.88 Å². The normalized spacial score (nSPS) is 16.8. The monoisotopic (exact) mass is 421 g/mol. The average molecular weight is 421 g/mol. The summed E-state index contributed by atoms with van der Waals surface area (Å²) in [6.07, 6.45) is -2.09. The number of nitrogens with one attached hydrogen (secondary N) is 1. The molecule has 1 atom stereocenters. The molecular formula is C19H18F3N5O3. The number of ether oxygens (including phenoxy) is 1. The molecule has 1 N–H and O–H groups in total. The second-order valence-electron chi connectivity index (χ2n) is 7.01. The van der Waals surface area contributed by atoms with Crippen molar-refractivity contribution < 1.29 is 22.4 Å². The highest BCUT2D eigenvalue weighted by molar-refractivity contribution is 5.68. The molecule has 158 valence electrons. The van der Waals surface area contributed by atoms with E-state index in [1.807, 2.05) is 12.0 Å². The zero-order valence-corrected chi connectivity index (χ0v) is 16.2. The SMILES string of the molecule is Cc1noc(C)c1-c1ccnc(OC2CCN(c3cn[nH]c(=O)c3C(F)(F)F)C2)c1. The zero-order valence-electron chi connectivity index (χ0n) is 16.2. The molecule has 1 unspecified atom stereocenters. The van der Waals surface area contributed by atoms with Crippen molar-refractivity contribution in [1.29, 1.82) is 0 Å². The summed E-state index contributed by atoms with van der Waals surface area (Å²) in [7, 11) is 0. The molecule has 1 aliphatic rings. The van der Waals surface area contributed by atoms with Gasteiger partial charge in [-0.15, -0.1) is 0 Å². The summed E-state index contributed by atoms with van der Waals surface area (Å²) in [6, 6.07) is 3.54. The summed E-state index contributed by atoms with van der Waals surface area (Å²) in [5, 5.41) is 9.30. The Hall–Kier alpha value is -3.37. The van der Waals surface area contributed by atoms with Gasteiger partial charge < -0.3 is 14.2 Å². The maximum atomic E-state index is 13.3. The Morgan fingerprint density at radius 1 is 1.33 bits per heavy atom. The minimum atomic E-state index is -4.78. The molecule has 0 radical (unpaired) electrons. The Balaban J connectivity index is 1.53. The molecule has 11 heteroatoms. The van der Waals surface area contributed by atoms with Crippen LogP contribution in [0.5, 0.6) is 5.88 Å². The lowest BCUT2D eigenvalue weighted by atomic mass is 10.1.